The van der Waals surface area contributed by atoms with Crippen LogP contribution < -0.4 is 14.8 Å². The van der Waals surface area contributed by atoms with Gasteiger partial charge in [-0.25, -0.2) is 0 Å². The van der Waals surface area contributed by atoms with Gasteiger partial charge in [-0.3, -0.25) is 0 Å². The van der Waals surface area contributed by atoms with E-state index in [1.807, 2.05) is 19.2 Å². The van der Waals surface area contributed by atoms with Crippen LogP contribution in [0, 0.1) is 6.92 Å². The van der Waals surface area contributed by atoms with E-state index in [0.717, 1.165) is 24.5 Å². The number of aliphatic hydroxyl groups excluding tert-OH is 1. The minimum Gasteiger partial charge on any atom is -0.493 e. The molecule has 0 radical (unpaired) electrons. The number of fused-ring (bicyclic) bond motifs is 3. The van der Waals surface area contributed by atoms with Gasteiger partial charge in [-0.15, -0.1) is 0 Å². The Balaban J connectivity index is 2.15. The molecule has 114 valence electrons. The van der Waals surface area contributed by atoms with Crippen LogP contribution in [0.1, 0.15) is 24.0 Å². The number of aryl methyl sites for hydroxylation is 1. The standard InChI is InChI=1S/C17H23NO3/c1-11-4-5-13(20-3)16-15(11)17(8-9-18-2)7-6-12(19)10-14(17)21-16/h4-7,12,14,18-19H,8-10H2,1-3H3/t12-,14-,17-/m1/s1. The molecule has 3 atom stereocenters. The van der Waals surface area contributed by atoms with E-state index in [2.05, 4.69) is 24.4 Å². The molecule has 2 aliphatic rings. The number of aliphatic hydroxyl groups is 1. The van der Waals surface area contributed by atoms with Crippen molar-refractivity contribution in [1.29, 1.82) is 0 Å². The monoisotopic (exact) mass is 289 g/mol. The van der Waals surface area contributed by atoms with Crippen molar-refractivity contribution in [3.8, 4) is 11.5 Å². The summed E-state index contributed by atoms with van der Waals surface area (Å²) < 4.78 is 11.7. The van der Waals surface area contributed by atoms with Crippen molar-refractivity contribution in [2.24, 2.45) is 0 Å². The Kier molecular flexibility index (Phi) is 3.68. The maximum Gasteiger partial charge on any atom is 0.166 e. The van der Waals surface area contributed by atoms with Gasteiger partial charge in [0.25, 0.3) is 0 Å². The number of benzene rings is 1. The van der Waals surface area contributed by atoms with Crippen LogP contribution in [0.3, 0.4) is 0 Å². The first-order chi connectivity index (χ1) is 10.1. The molecule has 4 nitrogen and oxygen atoms in total. The van der Waals surface area contributed by atoms with E-state index in [-0.39, 0.29) is 11.5 Å². The first-order valence-electron chi connectivity index (χ1n) is 7.49. The van der Waals surface area contributed by atoms with Crippen molar-refractivity contribution in [2.45, 2.75) is 37.4 Å². The van der Waals surface area contributed by atoms with Crippen LogP contribution in [-0.2, 0) is 5.41 Å². The number of nitrogens with one attached hydrogen (secondary N) is 1. The molecule has 3 rings (SSSR count). The molecule has 1 heterocycles. The molecular weight excluding hydrogens is 266 g/mol. The Morgan fingerprint density at radius 2 is 2.29 bits per heavy atom. The van der Waals surface area contributed by atoms with Crippen LogP contribution in [-0.4, -0.2) is 38.0 Å². The van der Waals surface area contributed by atoms with Gasteiger partial charge in [0.05, 0.1) is 18.6 Å². The molecule has 4 heteroatoms. The predicted octanol–water partition coefficient (Wildman–Crippen LogP) is 1.93. The fourth-order valence-electron chi connectivity index (χ4n) is 3.66. The van der Waals surface area contributed by atoms with Crippen LogP contribution in [0.15, 0.2) is 24.3 Å². The van der Waals surface area contributed by atoms with Crippen LogP contribution in [0.5, 0.6) is 11.5 Å². The number of hydrogen-bond acceptors (Lipinski definition) is 4. The molecular formula is C17H23NO3. The maximum absolute atomic E-state index is 9.96. The second-order valence-corrected chi connectivity index (χ2v) is 5.95. The molecule has 0 aromatic heterocycles. The van der Waals surface area contributed by atoms with E-state index in [1.165, 1.54) is 11.1 Å². The van der Waals surface area contributed by atoms with Gasteiger partial charge in [0.15, 0.2) is 11.5 Å². The van der Waals surface area contributed by atoms with Gasteiger partial charge in [0, 0.05) is 12.0 Å². The summed E-state index contributed by atoms with van der Waals surface area (Å²) in [5.41, 5.74) is 2.26. The second-order valence-electron chi connectivity index (χ2n) is 5.95. The first kappa shape index (κ1) is 14.4. The topological polar surface area (TPSA) is 50.7 Å². The zero-order valence-electron chi connectivity index (χ0n) is 12.8. The van der Waals surface area contributed by atoms with Crippen molar-refractivity contribution >= 4 is 0 Å². The lowest BCUT2D eigenvalue weighted by atomic mass is 9.68. The van der Waals surface area contributed by atoms with Gasteiger partial charge < -0.3 is 19.9 Å². The van der Waals surface area contributed by atoms with Crippen molar-refractivity contribution in [1.82, 2.24) is 5.32 Å². The third kappa shape index (κ3) is 2.14. The van der Waals surface area contributed by atoms with Crippen LogP contribution >= 0.6 is 0 Å². The highest BCUT2D eigenvalue weighted by Gasteiger charge is 2.50. The summed E-state index contributed by atoms with van der Waals surface area (Å²) in [5.74, 6) is 1.62. The van der Waals surface area contributed by atoms with E-state index >= 15 is 0 Å². The highest BCUT2D eigenvalue weighted by Crippen LogP contribution is 2.54. The van der Waals surface area contributed by atoms with Gasteiger partial charge in [0.2, 0.25) is 0 Å². The number of rotatable bonds is 4. The van der Waals surface area contributed by atoms with Crippen LogP contribution in [0.2, 0.25) is 0 Å². The largest absolute Gasteiger partial charge is 0.493 e. The van der Waals surface area contributed by atoms with E-state index in [4.69, 9.17) is 9.47 Å². The minimum atomic E-state index is -0.432. The highest BCUT2D eigenvalue weighted by atomic mass is 16.5. The lowest BCUT2D eigenvalue weighted by molar-refractivity contribution is 0.0848. The van der Waals surface area contributed by atoms with Gasteiger partial charge in [0.1, 0.15) is 6.10 Å². The average molecular weight is 289 g/mol. The van der Waals surface area contributed by atoms with Crippen molar-refractivity contribution in [2.75, 3.05) is 20.7 Å². The molecule has 0 saturated heterocycles. The second kappa shape index (κ2) is 5.35. The third-order valence-corrected chi connectivity index (χ3v) is 4.71. The predicted molar refractivity (Wildman–Crippen MR) is 82.1 cm³/mol. The van der Waals surface area contributed by atoms with Crippen molar-refractivity contribution in [3.63, 3.8) is 0 Å². The molecule has 0 spiro atoms. The molecule has 1 aliphatic carbocycles. The molecule has 1 aromatic carbocycles. The Bertz CT molecular complexity index is 569. The molecule has 0 amide bonds. The minimum absolute atomic E-state index is 0.0316. The molecule has 0 saturated carbocycles. The van der Waals surface area contributed by atoms with E-state index in [1.54, 1.807) is 7.11 Å². The quantitative estimate of drug-likeness (QED) is 0.832. The van der Waals surface area contributed by atoms with E-state index in [9.17, 15) is 5.11 Å². The SMILES string of the molecule is CNCC[C@]12C=C[C@@H](O)C[C@H]1Oc1c(OC)ccc(C)c12. The Hall–Kier alpha value is -1.52. The smallest absolute Gasteiger partial charge is 0.166 e. The highest BCUT2D eigenvalue weighted by molar-refractivity contribution is 5.60. The summed E-state index contributed by atoms with van der Waals surface area (Å²) in [4.78, 5) is 0. The summed E-state index contributed by atoms with van der Waals surface area (Å²) in [6, 6.07) is 4.04. The normalized spacial score (nSPS) is 29.7. The van der Waals surface area contributed by atoms with Gasteiger partial charge >= 0.3 is 0 Å². The number of hydrogen-bond donors (Lipinski definition) is 2. The lowest BCUT2D eigenvalue weighted by Crippen LogP contribution is -2.43. The summed E-state index contributed by atoms with van der Waals surface area (Å²) >= 11 is 0. The zero-order chi connectivity index (χ0) is 15.0. The summed E-state index contributed by atoms with van der Waals surface area (Å²) in [6.07, 6.45) is 5.15. The first-order valence-corrected chi connectivity index (χ1v) is 7.49. The molecule has 2 N–H and O–H groups in total. The van der Waals surface area contributed by atoms with Crippen LogP contribution in [0.25, 0.3) is 0 Å². The van der Waals surface area contributed by atoms with E-state index in [0.29, 0.717) is 6.42 Å². The molecule has 1 aliphatic heterocycles. The number of ether oxygens (including phenoxy) is 2. The lowest BCUT2D eigenvalue weighted by Gasteiger charge is -2.36. The fourth-order valence-corrected chi connectivity index (χ4v) is 3.66. The van der Waals surface area contributed by atoms with Gasteiger partial charge in [-0.05, 0) is 38.6 Å². The van der Waals surface area contributed by atoms with Crippen LogP contribution in [0.4, 0.5) is 0 Å². The Morgan fingerprint density at radius 1 is 1.48 bits per heavy atom. The third-order valence-electron chi connectivity index (χ3n) is 4.71. The summed E-state index contributed by atoms with van der Waals surface area (Å²) in [6.45, 7) is 3.01. The fraction of sp³-hybridized carbons (Fsp3) is 0.529. The Labute approximate surface area is 125 Å². The molecule has 0 unspecified atom stereocenters. The summed E-state index contributed by atoms with van der Waals surface area (Å²) in [7, 11) is 3.63. The number of methoxy groups -OCH3 is 1. The maximum atomic E-state index is 9.96. The van der Waals surface area contributed by atoms with Crippen molar-refractivity contribution in [3.05, 3.63) is 35.4 Å². The van der Waals surface area contributed by atoms with Gasteiger partial charge in [-0.1, -0.05) is 18.2 Å². The molecule has 0 fully saturated rings. The molecule has 0 bridgehead atoms. The van der Waals surface area contributed by atoms with Gasteiger partial charge in [-0.2, -0.15) is 0 Å². The van der Waals surface area contributed by atoms with E-state index < -0.39 is 6.10 Å². The molecule has 1 aromatic rings. The zero-order valence-corrected chi connectivity index (χ0v) is 12.8. The summed E-state index contributed by atoms with van der Waals surface area (Å²) in [5, 5.41) is 13.2. The van der Waals surface area contributed by atoms with Crippen molar-refractivity contribution < 1.29 is 14.6 Å². The average Bonchev–Trinajstić information content (AvgIpc) is 2.81. The Morgan fingerprint density at radius 3 is 3.00 bits per heavy atom. The molecule has 21 heavy (non-hydrogen) atoms.